The van der Waals surface area contributed by atoms with Crippen molar-refractivity contribution in [2.24, 2.45) is 0 Å². The fourth-order valence-corrected chi connectivity index (χ4v) is 1.56. The molecule has 17 heavy (non-hydrogen) atoms. The number of hydrogen-bond donors (Lipinski definition) is 1. The van der Waals surface area contributed by atoms with Crippen molar-refractivity contribution < 1.29 is 4.74 Å². The quantitative estimate of drug-likeness (QED) is 0.872. The van der Waals surface area contributed by atoms with Crippen molar-refractivity contribution in [2.75, 3.05) is 5.73 Å². The van der Waals surface area contributed by atoms with Crippen LogP contribution in [0.15, 0.2) is 36.4 Å². The summed E-state index contributed by atoms with van der Waals surface area (Å²) in [6, 6.07) is 11.7. The normalized spacial score (nSPS) is 10.4. The van der Waals surface area contributed by atoms with Crippen molar-refractivity contribution in [1.82, 2.24) is 9.97 Å². The van der Waals surface area contributed by atoms with E-state index in [1.807, 2.05) is 37.3 Å². The highest BCUT2D eigenvalue weighted by Gasteiger charge is 2.00. The van der Waals surface area contributed by atoms with Crippen molar-refractivity contribution >= 4 is 5.82 Å². The Morgan fingerprint density at radius 1 is 1.12 bits per heavy atom. The minimum absolute atomic E-state index is 0.376. The second kappa shape index (κ2) is 5.41. The molecule has 0 saturated heterocycles. The van der Waals surface area contributed by atoms with E-state index in [4.69, 9.17) is 10.5 Å². The van der Waals surface area contributed by atoms with Crippen molar-refractivity contribution in [3.8, 4) is 0 Å². The highest BCUT2D eigenvalue weighted by atomic mass is 16.5. The molecule has 1 heterocycles. The number of aromatic nitrogens is 2. The van der Waals surface area contributed by atoms with E-state index >= 15 is 0 Å². The third kappa shape index (κ3) is 3.53. The Balaban J connectivity index is 1.90. The van der Waals surface area contributed by atoms with Crippen molar-refractivity contribution in [3.05, 3.63) is 53.5 Å². The largest absolute Gasteiger partial charge is 0.384 e. The zero-order valence-corrected chi connectivity index (χ0v) is 9.76. The number of benzene rings is 1. The number of nitrogen functional groups attached to an aromatic ring is 1. The predicted octanol–water partition coefficient (Wildman–Crippen LogP) is 2.08. The van der Waals surface area contributed by atoms with E-state index in [-0.39, 0.29) is 0 Å². The van der Waals surface area contributed by atoms with Gasteiger partial charge in [0.15, 0.2) is 5.82 Å². The lowest BCUT2D eigenvalue weighted by Gasteiger charge is -2.05. The fraction of sp³-hybridized carbons (Fsp3) is 0.231. The van der Waals surface area contributed by atoms with Crippen LogP contribution in [0.25, 0.3) is 0 Å². The molecule has 1 aromatic heterocycles. The fourth-order valence-electron chi connectivity index (χ4n) is 1.56. The summed E-state index contributed by atoms with van der Waals surface area (Å²) < 4.78 is 5.54. The van der Waals surface area contributed by atoms with Crippen LogP contribution in [0.3, 0.4) is 0 Å². The van der Waals surface area contributed by atoms with Crippen LogP contribution in [0, 0.1) is 6.92 Å². The molecule has 88 valence electrons. The van der Waals surface area contributed by atoms with E-state index < -0.39 is 0 Å². The molecule has 0 spiro atoms. The summed E-state index contributed by atoms with van der Waals surface area (Å²) in [5, 5.41) is 0. The number of anilines is 1. The Kier molecular flexibility index (Phi) is 3.67. The van der Waals surface area contributed by atoms with Gasteiger partial charge in [0.2, 0.25) is 0 Å². The molecule has 4 nitrogen and oxygen atoms in total. The maximum absolute atomic E-state index is 5.64. The third-order valence-corrected chi connectivity index (χ3v) is 2.26. The van der Waals surface area contributed by atoms with Gasteiger partial charge in [-0.2, -0.15) is 0 Å². The van der Waals surface area contributed by atoms with Crippen LogP contribution in [0.4, 0.5) is 5.82 Å². The zero-order chi connectivity index (χ0) is 12.1. The summed E-state index contributed by atoms with van der Waals surface area (Å²) in [5.41, 5.74) is 7.63. The van der Waals surface area contributed by atoms with E-state index in [1.54, 1.807) is 6.07 Å². The maximum Gasteiger partial charge on any atom is 0.156 e. The van der Waals surface area contributed by atoms with Gasteiger partial charge < -0.3 is 10.5 Å². The van der Waals surface area contributed by atoms with E-state index in [2.05, 4.69) is 9.97 Å². The van der Waals surface area contributed by atoms with E-state index in [9.17, 15) is 0 Å². The summed E-state index contributed by atoms with van der Waals surface area (Å²) in [7, 11) is 0. The monoisotopic (exact) mass is 229 g/mol. The van der Waals surface area contributed by atoms with Gasteiger partial charge >= 0.3 is 0 Å². The number of hydrogen-bond acceptors (Lipinski definition) is 4. The molecule has 0 amide bonds. The lowest BCUT2D eigenvalue weighted by molar-refractivity contribution is 0.102. The minimum atomic E-state index is 0.376. The summed E-state index contributed by atoms with van der Waals surface area (Å²) in [6.07, 6.45) is 0. The Hall–Kier alpha value is -1.94. The molecule has 4 heteroatoms. The molecule has 0 saturated carbocycles. The first-order valence-corrected chi connectivity index (χ1v) is 5.46. The number of nitrogens with two attached hydrogens (primary N) is 1. The van der Waals surface area contributed by atoms with E-state index in [0.29, 0.717) is 24.9 Å². The Morgan fingerprint density at radius 3 is 2.59 bits per heavy atom. The summed E-state index contributed by atoms with van der Waals surface area (Å²) >= 11 is 0. The van der Waals surface area contributed by atoms with Crippen LogP contribution < -0.4 is 5.73 Å². The van der Waals surface area contributed by atoms with Crippen LogP contribution in [-0.4, -0.2) is 9.97 Å². The van der Waals surface area contributed by atoms with E-state index in [0.717, 1.165) is 11.3 Å². The molecule has 2 N–H and O–H groups in total. The first kappa shape index (κ1) is 11.5. The minimum Gasteiger partial charge on any atom is -0.384 e. The maximum atomic E-state index is 5.64. The number of rotatable bonds is 4. The molecule has 0 fully saturated rings. The first-order valence-electron chi connectivity index (χ1n) is 5.46. The van der Waals surface area contributed by atoms with Gasteiger partial charge in [0, 0.05) is 11.8 Å². The van der Waals surface area contributed by atoms with Gasteiger partial charge in [0.1, 0.15) is 12.4 Å². The Labute approximate surface area is 100 Å². The summed E-state index contributed by atoms with van der Waals surface area (Å²) in [5.74, 6) is 1.11. The molecule has 0 bridgehead atoms. The highest BCUT2D eigenvalue weighted by molar-refractivity contribution is 5.28. The average Bonchev–Trinajstić information content (AvgIpc) is 2.29. The summed E-state index contributed by atoms with van der Waals surface area (Å²) in [4.78, 5) is 8.36. The first-order chi connectivity index (χ1) is 8.24. The van der Waals surface area contributed by atoms with Gasteiger partial charge in [-0.15, -0.1) is 0 Å². The van der Waals surface area contributed by atoms with E-state index in [1.165, 1.54) is 0 Å². The van der Waals surface area contributed by atoms with Crippen LogP contribution >= 0.6 is 0 Å². The van der Waals surface area contributed by atoms with Crippen LogP contribution in [0.5, 0.6) is 0 Å². The van der Waals surface area contributed by atoms with Gasteiger partial charge in [-0.05, 0) is 12.5 Å². The molecule has 0 aliphatic rings. The van der Waals surface area contributed by atoms with Gasteiger partial charge in [0.05, 0.1) is 6.61 Å². The van der Waals surface area contributed by atoms with Crippen molar-refractivity contribution in [3.63, 3.8) is 0 Å². The number of ether oxygens (including phenoxy) is 1. The van der Waals surface area contributed by atoms with Gasteiger partial charge in [-0.25, -0.2) is 9.97 Å². The molecule has 0 aliphatic heterocycles. The van der Waals surface area contributed by atoms with Gasteiger partial charge in [-0.3, -0.25) is 0 Å². The molecule has 1 aromatic carbocycles. The average molecular weight is 229 g/mol. The van der Waals surface area contributed by atoms with Crippen molar-refractivity contribution in [2.45, 2.75) is 20.1 Å². The summed E-state index contributed by atoms with van der Waals surface area (Å²) in [6.45, 7) is 2.82. The zero-order valence-electron chi connectivity index (χ0n) is 9.76. The SMILES string of the molecule is Cc1cc(N)nc(COCc2ccccc2)n1. The second-order valence-electron chi connectivity index (χ2n) is 3.83. The Bertz CT molecular complexity index is 465. The lowest BCUT2D eigenvalue weighted by atomic mass is 10.2. The standard InChI is InChI=1S/C13H15N3O/c1-10-7-12(14)16-13(15-10)9-17-8-11-5-3-2-4-6-11/h2-7H,8-9H2,1H3,(H2,14,15,16). The predicted molar refractivity (Wildman–Crippen MR) is 66.1 cm³/mol. The molecule has 0 aliphatic carbocycles. The highest BCUT2D eigenvalue weighted by Crippen LogP contribution is 2.05. The molecule has 2 aromatic rings. The van der Waals surface area contributed by atoms with Crippen LogP contribution in [-0.2, 0) is 18.0 Å². The second-order valence-corrected chi connectivity index (χ2v) is 3.83. The van der Waals surface area contributed by atoms with Gasteiger partial charge in [-0.1, -0.05) is 30.3 Å². The smallest absolute Gasteiger partial charge is 0.156 e. The third-order valence-electron chi connectivity index (χ3n) is 2.26. The molecule has 0 atom stereocenters. The van der Waals surface area contributed by atoms with Gasteiger partial charge in [0.25, 0.3) is 0 Å². The van der Waals surface area contributed by atoms with Crippen LogP contribution in [0.1, 0.15) is 17.1 Å². The number of nitrogens with zero attached hydrogens (tertiary/aromatic N) is 2. The molecular formula is C13H15N3O. The molecule has 0 unspecified atom stereocenters. The number of aryl methyl sites for hydroxylation is 1. The molecule has 0 radical (unpaired) electrons. The Morgan fingerprint density at radius 2 is 1.88 bits per heavy atom. The van der Waals surface area contributed by atoms with Crippen molar-refractivity contribution in [1.29, 1.82) is 0 Å². The van der Waals surface area contributed by atoms with Crippen LogP contribution in [0.2, 0.25) is 0 Å². The lowest BCUT2D eigenvalue weighted by Crippen LogP contribution is -2.03. The molecular weight excluding hydrogens is 214 g/mol. The molecule has 2 rings (SSSR count). The topological polar surface area (TPSA) is 61.0 Å².